The highest BCUT2D eigenvalue weighted by molar-refractivity contribution is 5.35. The summed E-state index contributed by atoms with van der Waals surface area (Å²) in [6.07, 6.45) is 0.608. The monoisotopic (exact) mass is 219 g/mol. The number of ether oxygens (including phenoxy) is 1. The maximum Gasteiger partial charge on any atom is 0.141 e. The van der Waals surface area contributed by atoms with Crippen LogP contribution in [0, 0.1) is 0 Å². The molecule has 16 heavy (non-hydrogen) atoms. The maximum absolute atomic E-state index is 8.87. The minimum atomic E-state index is -0.102. The number of aromatic nitrogens is 1. The van der Waals surface area contributed by atoms with Gasteiger partial charge < -0.3 is 14.4 Å². The van der Waals surface area contributed by atoms with Gasteiger partial charge in [-0.3, -0.25) is 0 Å². The predicted octanol–water partition coefficient (Wildman–Crippen LogP) is 1.77. The van der Waals surface area contributed by atoms with Crippen molar-refractivity contribution in [1.29, 1.82) is 0 Å². The van der Waals surface area contributed by atoms with Crippen molar-refractivity contribution < 1.29 is 14.4 Å². The molecule has 0 spiro atoms. The highest BCUT2D eigenvalue weighted by Gasteiger charge is 2.07. The lowest BCUT2D eigenvalue weighted by Crippen LogP contribution is -1.92. The van der Waals surface area contributed by atoms with Gasteiger partial charge in [0.15, 0.2) is 0 Å². The standard InChI is InChI=1S/C12H13NO3/c1-15-12-5-3-2-4-9(12)6-11-7-10(8-14)13-16-11/h2-5,7,14H,6,8H2,1H3. The van der Waals surface area contributed by atoms with Crippen LogP contribution in [0.5, 0.6) is 5.75 Å². The van der Waals surface area contributed by atoms with Crippen LogP contribution in [0.25, 0.3) is 0 Å². The molecule has 0 atom stereocenters. The van der Waals surface area contributed by atoms with Gasteiger partial charge in [-0.2, -0.15) is 0 Å². The van der Waals surface area contributed by atoms with Crippen molar-refractivity contribution in [2.45, 2.75) is 13.0 Å². The van der Waals surface area contributed by atoms with Crippen molar-refractivity contribution in [3.05, 3.63) is 47.3 Å². The first-order valence-electron chi connectivity index (χ1n) is 5.00. The third kappa shape index (κ3) is 2.23. The minimum Gasteiger partial charge on any atom is -0.496 e. The number of aliphatic hydroxyl groups is 1. The molecule has 0 radical (unpaired) electrons. The van der Waals surface area contributed by atoms with Gasteiger partial charge in [-0.05, 0) is 6.07 Å². The molecule has 84 valence electrons. The van der Waals surface area contributed by atoms with E-state index in [9.17, 15) is 0 Å². The SMILES string of the molecule is COc1ccccc1Cc1cc(CO)no1. The quantitative estimate of drug-likeness (QED) is 0.851. The van der Waals surface area contributed by atoms with E-state index in [1.807, 2.05) is 24.3 Å². The van der Waals surface area contributed by atoms with E-state index in [4.69, 9.17) is 14.4 Å². The molecule has 0 unspecified atom stereocenters. The molecule has 2 rings (SSSR count). The number of hydrogen-bond donors (Lipinski definition) is 1. The van der Waals surface area contributed by atoms with Gasteiger partial charge in [0.05, 0.1) is 13.7 Å². The van der Waals surface area contributed by atoms with Gasteiger partial charge in [0.2, 0.25) is 0 Å². The molecule has 0 saturated heterocycles. The number of hydrogen-bond acceptors (Lipinski definition) is 4. The van der Waals surface area contributed by atoms with Crippen LogP contribution in [-0.4, -0.2) is 17.4 Å². The Morgan fingerprint density at radius 1 is 1.38 bits per heavy atom. The van der Waals surface area contributed by atoms with Gasteiger partial charge in [-0.25, -0.2) is 0 Å². The summed E-state index contributed by atoms with van der Waals surface area (Å²) in [5, 5.41) is 12.6. The second kappa shape index (κ2) is 4.81. The molecule has 0 aliphatic heterocycles. The van der Waals surface area contributed by atoms with Crippen LogP contribution in [0.3, 0.4) is 0 Å². The Morgan fingerprint density at radius 2 is 2.19 bits per heavy atom. The first kappa shape index (κ1) is 10.7. The van der Waals surface area contributed by atoms with Crippen LogP contribution in [0.2, 0.25) is 0 Å². The Bertz CT molecular complexity index is 465. The van der Waals surface area contributed by atoms with Gasteiger partial charge in [0.25, 0.3) is 0 Å². The summed E-state index contributed by atoms with van der Waals surface area (Å²) in [6.45, 7) is -0.102. The molecule has 4 nitrogen and oxygen atoms in total. The van der Waals surface area contributed by atoms with Crippen LogP contribution in [0.1, 0.15) is 17.0 Å². The number of para-hydroxylation sites is 1. The summed E-state index contributed by atoms with van der Waals surface area (Å²) in [5.74, 6) is 1.54. The second-order valence-corrected chi connectivity index (χ2v) is 3.43. The molecular weight excluding hydrogens is 206 g/mol. The molecule has 0 aliphatic rings. The van der Waals surface area contributed by atoms with Crippen LogP contribution >= 0.6 is 0 Å². The molecule has 0 amide bonds. The summed E-state index contributed by atoms with van der Waals surface area (Å²) >= 11 is 0. The Balaban J connectivity index is 2.19. The van der Waals surface area contributed by atoms with E-state index in [-0.39, 0.29) is 6.61 Å². The van der Waals surface area contributed by atoms with Crippen LogP contribution in [0.4, 0.5) is 0 Å². The first-order chi connectivity index (χ1) is 7.83. The molecule has 0 saturated carbocycles. The zero-order valence-electron chi connectivity index (χ0n) is 9.01. The fourth-order valence-electron chi connectivity index (χ4n) is 1.55. The molecule has 1 heterocycles. The van der Waals surface area contributed by atoms with Gasteiger partial charge >= 0.3 is 0 Å². The third-order valence-electron chi connectivity index (χ3n) is 2.33. The van der Waals surface area contributed by atoms with Crippen LogP contribution in [-0.2, 0) is 13.0 Å². The van der Waals surface area contributed by atoms with E-state index in [2.05, 4.69) is 5.16 Å². The van der Waals surface area contributed by atoms with E-state index in [1.54, 1.807) is 13.2 Å². The number of nitrogens with zero attached hydrogens (tertiary/aromatic N) is 1. The van der Waals surface area contributed by atoms with E-state index in [0.29, 0.717) is 17.9 Å². The molecule has 4 heteroatoms. The van der Waals surface area contributed by atoms with Crippen molar-refractivity contribution in [2.75, 3.05) is 7.11 Å². The highest BCUT2D eigenvalue weighted by atomic mass is 16.5. The summed E-state index contributed by atoms with van der Waals surface area (Å²) < 4.78 is 10.3. The average molecular weight is 219 g/mol. The number of rotatable bonds is 4. The minimum absolute atomic E-state index is 0.102. The molecule has 1 aromatic carbocycles. The number of methoxy groups -OCH3 is 1. The van der Waals surface area contributed by atoms with Crippen molar-refractivity contribution in [3.63, 3.8) is 0 Å². The Hall–Kier alpha value is -1.81. The van der Waals surface area contributed by atoms with Crippen LogP contribution in [0.15, 0.2) is 34.9 Å². The van der Waals surface area contributed by atoms with Crippen molar-refractivity contribution in [3.8, 4) is 5.75 Å². The average Bonchev–Trinajstić information content (AvgIpc) is 2.77. The van der Waals surface area contributed by atoms with E-state index in [0.717, 1.165) is 11.3 Å². The van der Waals surface area contributed by atoms with Crippen molar-refractivity contribution >= 4 is 0 Å². The smallest absolute Gasteiger partial charge is 0.141 e. The van der Waals surface area contributed by atoms with Gasteiger partial charge in [-0.15, -0.1) is 0 Å². The van der Waals surface area contributed by atoms with Gasteiger partial charge in [-0.1, -0.05) is 23.4 Å². The normalized spacial score (nSPS) is 10.4. The fourth-order valence-corrected chi connectivity index (χ4v) is 1.55. The lowest BCUT2D eigenvalue weighted by Gasteiger charge is -2.05. The molecule has 0 fully saturated rings. The van der Waals surface area contributed by atoms with Crippen molar-refractivity contribution in [2.24, 2.45) is 0 Å². The summed E-state index contributed by atoms with van der Waals surface area (Å²) in [4.78, 5) is 0. The second-order valence-electron chi connectivity index (χ2n) is 3.43. The molecule has 0 aliphatic carbocycles. The van der Waals surface area contributed by atoms with Gasteiger partial charge in [0, 0.05) is 18.1 Å². The first-order valence-corrected chi connectivity index (χ1v) is 5.00. The maximum atomic E-state index is 8.87. The number of aliphatic hydroxyl groups excluding tert-OH is 1. The zero-order chi connectivity index (χ0) is 11.4. The topological polar surface area (TPSA) is 55.5 Å². The number of benzene rings is 1. The van der Waals surface area contributed by atoms with Crippen LogP contribution < -0.4 is 4.74 Å². The Morgan fingerprint density at radius 3 is 2.88 bits per heavy atom. The third-order valence-corrected chi connectivity index (χ3v) is 2.33. The molecule has 0 bridgehead atoms. The molecule has 1 aromatic heterocycles. The van der Waals surface area contributed by atoms with Crippen molar-refractivity contribution in [1.82, 2.24) is 5.16 Å². The Labute approximate surface area is 93.5 Å². The van der Waals surface area contributed by atoms with E-state index >= 15 is 0 Å². The fraction of sp³-hybridized carbons (Fsp3) is 0.250. The Kier molecular flexibility index (Phi) is 3.22. The predicted molar refractivity (Wildman–Crippen MR) is 58.2 cm³/mol. The lowest BCUT2D eigenvalue weighted by atomic mass is 10.1. The molecular formula is C12H13NO3. The largest absolute Gasteiger partial charge is 0.496 e. The lowest BCUT2D eigenvalue weighted by molar-refractivity contribution is 0.265. The summed E-state index contributed by atoms with van der Waals surface area (Å²) in [6, 6.07) is 9.48. The summed E-state index contributed by atoms with van der Waals surface area (Å²) in [7, 11) is 1.64. The highest BCUT2D eigenvalue weighted by Crippen LogP contribution is 2.21. The van der Waals surface area contributed by atoms with Gasteiger partial charge in [0.1, 0.15) is 17.2 Å². The van der Waals surface area contributed by atoms with E-state index < -0.39 is 0 Å². The molecule has 1 N–H and O–H groups in total. The summed E-state index contributed by atoms with van der Waals surface area (Å²) in [5.41, 5.74) is 1.58. The zero-order valence-corrected chi connectivity index (χ0v) is 9.01. The molecule has 2 aromatic rings. The van der Waals surface area contributed by atoms with E-state index in [1.165, 1.54) is 0 Å².